The predicted octanol–water partition coefficient (Wildman–Crippen LogP) is 2.44. The zero-order valence-corrected chi connectivity index (χ0v) is 9.32. The van der Waals surface area contributed by atoms with Crippen LogP contribution >= 0.6 is 0 Å². The number of hydrogen-bond acceptors (Lipinski definition) is 2. The van der Waals surface area contributed by atoms with Gasteiger partial charge in [-0.05, 0) is 17.7 Å². The third kappa shape index (κ3) is 5.65. The largest absolute Gasteiger partial charge is 0.435 e. The summed E-state index contributed by atoms with van der Waals surface area (Å²) in [4.78, 5) is 10.6. The van der Waals surface area contributed by atoms with Gasteiger partial charge in [0.1, 0.15) is 5.75 Å². The molecule has 5 heteroatoms. The number of nitrogens with one attached hydrogen (secondary N) is 1. The van der Waals surface area contributed by atoms with Gasteiger partial charge in [0.05, 0.1) is 0 Å². The number of halogens is 2. The first-order valence-corrected chi connectivity index (χ1v) is 5.04. The van der Waals surface area contributed by atoms with Crippen LogP contribution in [0.2, 0.25) is 0 Å². The normalized spacial score (nSPS) is 10.8. The number of ether oxygens (including phenoxy) is 1. The lowest BCUT2D eigenvalue weighted by atomic mass is 10.2. The van der Waals surface area contributed by atoms with Crippen molar-refractivity contribution in [3.8, 4) is 5.75 Å². The molecule has 0 radical (unpaired) electrons. The standard InChI is InChI=1S/C12H13F2NO2/c1-9(16)15-8-2-3-10-4-6-11(7-5-10)17-12(13)14/h2-7,12H,8H2,1H3,(H,15,16). The van der Waals surface area contributed by atoms with Crippen LogP contribution in [0.1, 0.15) is 12.5 Å². The van der Waals surface area contributed by atoms with E-state index in [1.54, 1.807) is 24.3 Å². The van der Waals surface area contributed by atoms with Crippen molar-refractivity contribution in [1.29, 1.82) is 0 Å². The van der Waals surface area contributed by atoms with E-state index in [1.165, 1.54) is 19.1 Å². The number of carbonyl (C=O) groups is 1. The molecule has 1 amide bonds. The van der Waals surface area contributed by atoms with E-state index in [-0.39, 0.29) is 11.7 Å². The Hall–Kier alpha value is -1.91. The van der Waals surface area contributed by atoms with Crippen molar-refractivity contribution in [3.05, 3.63) is 35.9 Å². The summed E-state index contributed by atoms with van der Waals surface area (Å²) >= 11 is 0. The van der Waals surface area contributed by atoms with E-state index in [2.05, 4.69) is 10.1 Å². The van der Waals surface area contributed by atoms with Gasteiger partial charge < -0.3 is 10.1 Å². The van der Waals surface area contributed by atoms with Crippen molar-refractivity contribution in [3.63, 3.8) is 0 Å². The smallest absolute Gasteiger partial charge is 0.387 e. The minimum absolute atomic E-state index is 0.102. The second-order valence-electron chi connectivity index (χ2n) is 3.29. The van der Waals surface area contributed by atoms with E-state index in [1.807, 2.05) is 0 Å². The average Bonchev–Trinajstić information content (AvgIpc) is 2.25. The third-order valence-corrected chi connectivity index (χ3v) is 1.88. The molecule has 0 aliphatic heterocycles. The summed E-state index contributed by atoms with van der Waals surface area (Å²) in [6, 6.07) is 6.23. The van der Waals surface area contributed by atoms with Gasteiger partial charge in [-0.1, -0.05) is 24.3 Å². The molecule has 0 aliphatic carbocycles. The fourth-order valence-electron chi connectivity index (χ4n) is 1.16. The number of benzene rings is 1. The summed E-state index contributed by atoms with van der Waals surface area (Å²) in [7, 11) is 0. The summed E-state index contributed by atoms with van der Waals surface area (Å²) in [6.07, 6.45) is 3.55. The first-order chi connectivity index (χ1) is 8.08. The van der Waals surface area contributed by atoms with Gasteiger partial charge in [0.2, 0.25) is 5.91 Å². The number of hydrogen-bond donors (Lipinski definition) is 1. The van der Waals surface area contributed by atoms with Gasteiger partial charge >= 0.3 is 6.61 Å². The molecule has 0 heterocycles. The van der Waals surface area contributed by atoms with Crippen LogP contribution in [0.4, 0.5) is 8.78 Å². The Morgan fingerprint density at radius 1 is 1.41 bits per heavy atom. The highest BCUT2D eigenvalue weighted by Crippen LogP contribution is 2.15. The molecule has 92 valence electrons. The molecular formula is C12H13F2NO2. The number of rotatable bonds is 5. The van der Waals surface area contributed by atoms with Gasteiger partial charge in [-0.3, -0.25) is 4.79 Å². The van der Waals surface area contributed by atoms with Crippen LogP contribution in [0.5, 0.6) is 5.75 Å². The molecule has 1 N–H and O–H groups in total. The Morgan fingerprint density at radius 3 is 2.59 bits per heavy atom. The quantitative estimate of drug-likeness (QED) is 0.859. The minimum atomic E-state index is -2.81. The lowest BCUT2D eigenvalue weighted by Crippen LogP contribution is -2.19. The van der Waals surface area contributed by atoms with E-state index in [0.29, 0.717) is 6.54 Å². The lowest BCUT2D eigenvalue weighted by molar-refractivity contribution is -0.118. The zero-order valence-electron chi connectivity index (χ0n) is 9.32. The molecule has 0 saturated heterocycles. The molecule has 0 aliphatic rings. The van der Waals surface area contributed by atoms with E-state index in [4.69, 9.17) is 0 Å². The Kier molecular flexibility index (Phi) is 5.13. The molecule has 0 spiro atoms. The zero-order chi connectivity index (χ0) is 12.7. The van der Waals surface area contributed by atoms with Crippen LogP contribution in [-0.4, -0.2) is 19.1 Å². The van der Waals surface area contributed by atoms with Gasteiger partial charge in [0.15, 0.2) is 0 Å². The third-order valence-electron chi connectivity index (χ3n) is 1.88. The fourth-order valence-corrected chi connectivity index (χ4v) is 1.16. The van der Waals surface area contributed by atoms with Crippen LogP contribution in [0.25, 0.3) is 6.08 Å². The van der Waals surface area contributed by atoms with E-state index >= 15 is 0 Å². The number of alkyl halides is 2. The molecule has 0 saturated carbocycles. The minimum Gasteiger partial charge on any atom is -0.435 e. The van der Waals surface area contributed by atoms with Crippen molar-refractivity contribution in [2.24, 2.45) is 0 Å². The van der Waals surface area contributed by atoms with E-state index < -0.39 is 6.61 Å². The molecule has 1 aromatic carbocycles. The summed E-state index contributed by atoms with van der Waals surface area (Å²) in [5.74, 6) is 0.0225. The molecule has 0 unspecified atom stereocenters. The van der Waals surface area contributed by atoms with Crippen LogP contribution < -0.4 is 10.1 Å². The topological polar surface area (TPSA) is 38.3 Å². The average molecular weight is 241 g/mol. The fraction of sp³-hybridized carbons (Fsp3) is 0.250. The van der Waals surface area contributed by atoms with Crippen molar-refractivity contribution >= 4 is 12.0 Å². The molecule has 17 heavy (non-hydrogen) atoms. The molecule has 3 nitrogen and oxygen atoms in total. The van der Waals surface area contributed by atoms with E-state index in [9.17, 15) is 13.6 Å². The van der Waals surface area contributed by atoms with Crippen LogP contribution in [0, 0.1) is 0 Å². The van der Waals surface area contributed by atoms with Crippen molar-refractivity contribution in [1.82, 2.24) is 5.32 Å². The lowest BCUT2D eigenvalue weighted by Gasteiger charge is -2.03. The molecule has 1 rings (SSSR count). The Balaban J connectivity index is 2.47. The summed E-state index contributed by atoms with van der Waals surface area (Å²) in [6.45, 7) is -0.939. The second-order valence-corrected chi connectivity index (χ2v) is 3.29. The molecule has 0 atom stereocenters. The van der Waals surface area contributed by atoms with Gasteiger partial charge in [-0.2, -0.15) is 8.78 Å². The van der Waals surface area contributed by atoms with Gasteiger partial charge in [0, 0.05) is 13.5 Å². The summed E-state index contributed by atoms with van der Waals surface area (Å²) in [5.41, 5.74) is 0.844. The first-order valence-electron chi connectivity index (χ1n) is 5.04. The van der Waals surface area contributed by atoms with Crippen LogP contribution in [-0.2, 0) is 4.79 Å². The maximum absolute atomic E-state index is 11.9. The van der Waals surface area contributed by atoms with Crippen molar-refractivity contribution in [2.45, 2.75) is 13.5 Å². The van der Waals surface area contributed by atoms with Gasteiger partial charge in [0.25, 0.3) is 0 Å². The SMILES string of the molecule is CC(=O)NCC=Cc1ccc(OC(F)F)cc1. The molecular weight excluding hydrogens is 228 g/mol. The summed E-state index contributed by atoms with van der Waals surface area (Å²) in [5, 5.41) is 2.60. The molecule has 0 aromatic heterocycles. The maximum Gasteiger partial charge on any atom is 0.387 e. The first kappa shape index (κ1) is 13.2. The molecule has 1 aromatic rings. The van der Waals surface area contributed by atoms with Gasteiger partial charge in [-0.25, -0.2) is 0 Å². The second kappa shape index (κ2) is 6.62. The Morgan fingerprint density at radius 2 is 2.06 bits per heavy atom. The van der Waals surface area contributed by atoms with Gasteiger partial charge in [-0.15, -0.1) is 0 Å². The highest BCUT2D eigenvalue weighted by Gasteiger charge is 2.02. The maximum atomic E-state index is 11.9. The highest BCUT2D eigenvalue weighted by molar-refractivity contribution is 5.73. The summed E-state index contributed by atoms with van der Waals surface area (Å²) < 4.78 is 27.9. The predicted molar refractivity (Wildman–Crippen MR) is 60.8 cm³/mol. The van der Waals surface area contributed by atoms with E-state index in [0.717, 1.165) is 5.56 Å². The highest BCUT2D eigenvalue weighted by atomic mass is 19.3. The molecule has 0 bridgehead atoms. The monoisotopic (exact) mass is 241 g/mol. The number of carbonyl (C=O) groups excluding carboxylic acids is 1. The van der Waals surface area contributed by atoms with Crippen LogP contribution in [0.3, 0.4) is 0 Å². The van der Waals surface area contributed by atoms with Crippen molar-refractivity contribution < 1.29 is 18.3 Å². The van der Waals surface area contributed by atoms with Crippen molar-refractivity contribution in [2.75, 3.05) is 6.54 Å². The number of amides is 1. The van der Waals surface area contributed by atoms with Crippen LogP contribution in [0.15, 0.2) is 30.3 Å². The molecule has 0 fully saturated rings. The Labute approximate surface area is 98.1 Å². The Bertz CT molecular complexity index is 388.